The van der Waals surface area contributed by atoms with Crippen molar-refractivity contribution in [3.8, 4) is 0 Å². The summed E-state index contributed by atoms with van der Waals surface area (Å²) in [4.78, 5) is 28.8. The van der Waals surface area contributed by atoms with E-state index in [4.69, 9.17) is 0 Å². The Morgan fingerprint density at radius 1 is 0.912 bits per heavy atom. The summed E-state index contributed by atoms with van der Waals surface area (Å²) >= 11 is 0. The molecule has 3 rings (SSSR count). The van der Waals surface area contributed by atoms with Crippen LogP contribution in [0.25, 0.3) is 0 Å². The van der Waals surface area contributed by atoms with Crippen molar-refractivity contribution in [2.45, 2.75) is 58.7 Å². The summed E-state index contributed by atoms with van der Waals surface area (Å²) in [5, 5.41) is 3.06. The summed E-state index contributed by atoms with van der Waals surface area (Å²) in [5.41, 5.74) is 3.70. The zero-order valence-electron chi connectivity index (χ0n) is 20.1. The van der Waals surface area contributed by atoms with Gasteiger partial charge < -0.3 is 10.2 Å². The molecule has 0 spiro atoms. The number of nitrogens with zero attached hydrogens (tertiary/aromatic N) is 1. The number of amides is 2. The van der Waals surface area contributed by atoms with Crippen LogP contribution in [-0.4, -0.2) is 28.8 Å². The first-order valence-electron chi connectivity index (χ1n) is 11.8. The van der Waals surface area contributed by atoms with Gasteiger partial charge in [0.05, 0.1) is 6.42 Å². The fraction of sp³-hybridized carbons (Fsp3) is 0.310. The Bertz CT molecular complexity index is 1080. The predicted molar refractivity (Wildman–Crippen MR) is 134 cm³/mol. The normalized spacial score (nSPS) is 12.6. The Balaban J connectivity index is 1.97. The van der Waals surface area contributed by atoms with Crippen molar-refractivity contribution in [1.29, 1.82) is 0 Å². The van der Waals surface area contributed by atoms with Gasteiger partial charge in [0.25, 0.3) is 0 Å². The zero-order chi connectivity index (χ0) is 24.5. The standard InChI is InChI=1S/C29H33FN2O2/c1-4-22(3)31-29(34)27(18-23-11-6-5-7-12-23)32(20-24-14-16-26(30)17-15-24)28(33)19-25-13-9-8-10-21(25)2/h5-17,22,27H,4,18-20H2,1-3H3,(H,31,34)/t22-,27-/m1/s1. The first-order valence-corrected chi connectivity index (χ1v) is 11.8. The van der Waals surface area contributed by atoms with Gasteiger partial charge in [-0.15, -0.1) is 0 Å². The summed E-state index contributed by atoms with van der Waals surface area (Å²) in [6.07, 6.45) is 1.37. The van der Waals surface area contributed by atoms with Crippen molar-refractivity contribution in [3.63, 3.8) is 0 Å². The number of rotatable bonds is 10. The van der Waals surface area contributed by atoms with Crippen LogP contribution >= 0.6 is 0 Å². The number of nitrogens with one attached hydrogen (secondary N) is 1. The van der Waals surface area contributed by atoms with E-state index in [1.807, 2.05) is 75.4 Å². The topological polar surface area (TPSA) is 49.4 Å². The molecule has 0 radical (unpaired) electrons. The van der Waals surface area contributed by atoms with Gasteiger partial charge in [-0.25, -0.2) is 4.39 Å². The molecular weight excluding hydrogens is 427 g/mol. The number of hydrogen-bond donors (Lipinski definition) is 1. The maximum absolute atomic E-state index is 13.7. The Labute approximate surface area is 201 Å². The van der Waals surface area contributed by atoms with E-state index >= 15 is 0 Å². The first kappa shape index (κ1) is 25.2. The third-order valence-electron chi connectivity index (χ3n) is 6.14. The monoisotopic (exact) mass is 460 g/mol. The Morgan fingerprint density at radius 3 is 2.21 bits per heavy atom. The molecule has 0 fully saturated rings. The number of benzene rings is 3. The van der Waals surface area contributed by atoms with Gasteiger partial charge in [-0.1, -0.05) is 73.7 Å². The van der Waals surface area contributed by atoms with Crippen LogP contribution in [0.2, 0.25) is 0 Å². The van der Waals surface area contributed by atoms with E-state index in [9.17, 15) is 14.0 Å². The summed E-state index contributed by atoms with van der Waals surface area (Å²) in [5.74, 6) is -0.658. The van der Waals surface area contributed by atoms with Crippen LogP contribution in [-0.2, 0) is 29.0 Å². The molecule has 178 valence electrons. The van der Waals surface area contributed by atoms with Gasteiger partial charge in [-0.05, 0) is 54.7 Å². The lowest BCUT2D eigenvalue weighted by Crippen LogP contribution is -2.52. The molecule has 3 aromatic rings. The molecule has 0 saturated heterocycles. The summed E-state index contributed by atoms with van der Waals surface area (Å²) in [7, 11) is 0. The molecule has 2 atom stereocenters. The molecule has 0 bridgehead atoms. The molecule has 0 aromatic heterocycles. The van der Waals surface area contributed by atoms with E-state index in [0.29, 0.717) is 6.42 Å². The van der Waals surface area contributed by atoms with Crippen LogP contribution in [0, 0.1) is 12.7 Å². The first-order chi connectivity index (χ1) is 16.4. The quantitative estimate of drug-likeness (QED) is 0.450. The highest BCUT2D eigenvalue weighted by molar-refractivity contribution is 5.89. The lowest BCUT2D eigenvalue weighted by Gasteiger charge is -2.32. The molecule has 3 aromatic carbocycles. The molecule has 1 N–H and O–H groups in total. The second kappa shape index (κ2) is 12.1. The summed E-state index contributed by atoms with van der Waals surface area (Å²) in [6, 6.07) is 22.9. The summed E-state index contributed by atoms with van der Waals surface area (Å²) < 4.78 is 13.5. The molecule has 34 heavy (non-hydrogen) atoms. The molecule has 0 aliphatic rings. The second-order valence-electron chi connectivity index (χ2n) is 8.77. The van der Waals surface area contributed by atoms with Crippen molar-refractivity contribution < 1.29 is 14.0 Å². The lowest BCUT2D eigenvalue weighted by molar-refractivity contribution is -0.141. The maximum atomic E-state index is 13.7. The van der Waals surface area contributed by atoms with Crippen LogP contribution in [0.15, 0.2) is 78.9 Å². The second-order valence-corrected chi connectivity index (χ2v) is 8.77. The Morgan fingerprint density at radius 2 is 1.56 bits per heavy atom. The van der Waals surface area contributed by atoms with E-state index in [2.05, 4.69) is 5.32 Å². The van der Waals surface area contributed by atoms with Gasteiger partial charge in [0.15, 0.2) is 0 Å². The Hall–Kier alpha value is -3.47. The van der Waals surface area contributed by atoms with E-state index in [-0.39, 0.29) is 36.6 Å². The average Bonchev–Trinajstić information content (AvgIpc) is 2.84. The molecule has 0 aliphatic heterocycles. The number of hydrogen-bond acceptors (Lipinski definition) is 2. The average molecular weight is 461 g/mol. The van der Waals surface area contributed by atoms with Crippen LogP contribution < -0.4 is 5.32 Å². The molecule has 4 nitrogen and oxygen atoms in total. The largest absolute Gasteiger partial charge is 0.352 e. The highest BCUT2D eigenvalue weighted by atomic mass is 19.1. The maximum Gasteiger partial charge on any atom is 0.243 e. The van der Waals surface area contributed by atoms with Crippen molar-refractivity contribution in [2.24, 2.45) is 0 Å². The minimum absolute atomic E-state index is 0.00934. The van der Waals surface area contributed by atoms with Gasteiger partial charge in [0.2, 0.25) is 11.8 Å². The minimum Gasteiger partial charge on any atom is -0.352 e. The fourth-order valence-electron chi connectivity index (χ4n) is 3.85. The third kappa shape index (κ3) is 7.01. The van der Waals surface area contributed by atoms with E-state index < -0.39 is 6.04 Å². The molecule has 0 heterocycles. The molecule has 5 heteroatoms. The lowest BCUT2D eigenvalue weighted by atomic mass is 10.00. The van der Waals surface area contributed by atoms with Crippen molar-refractivity contribution >= 4 is 11.8 Å². The van der Waals surface area contributed by atoms with E-state index in [1.165, 1.54) is 12.1 Å². The summed E-state index contributed by atoms with van der Waals surface area (Å²) in [6.45, 7) is 6.16. The minimum atomic E-state index is -0.696. The van der Waals surface area contributed by atoms with Crippen LogP contribution in [0.4, 0.5) is 4.39 Å². The van der Waals surface area contributed by atoms with Crippen molar-refractivity contribution in [2.75, 3.05) is 0 Å². The van der Waals surface area contributed by atoms with Gasteiger partial charge in [-0.2, -0.15) is 0 Å². The Kier molecular flexibility index (Phi) is 8.97. The van der Waals surface area contributed by atoms with E-state index in [0.717, 1.165) is 28.7 Å². The van der Waals surface area contributed by atoms with Crippen LogP contribution in [0.3, 0.4) is 0 Å². The van der Waals surface area contributed by atoms with Gasteiger partial charge in [-0.3, -0.25) is 9.59 Å². The van der Waals surface area contributed by atoms with Crippen molar-refractivity contribution in [3.05, 3.63) is 107 Å². The number of carbonyl (C=O) groups is 2. The van der Waals surface area contributed by atoms with Gasteiger partial charge in [0, 0.05) is 19.0 Å². The number of carbonyl (C=O) groups excluding carboxylic acids is 2. The predicted octanol–water partition coefficient (Wildman–Crippen LogP) is 5.23. The van der Waals surface area contributed by atoms with Gasteiger partial charge >= 0.3 is 0 Å². The zero-order valence-corrected chi connectivity index (χ0v) is 20.1. The van der Waals surface area contributed by atoms with Crippen LogP contribution in [0.5, 0.6) is 0 Å². The number of aryl methyl sites for hydroxylation is 1. The molecule has 0 aliphatic carbocycles. The third-order valence-corrected chi connectivity index (χ3v) is 6.14. The fourth-order valence-corrected chi connectivity index (χ4v) is 3.85. The molecule has 2 amide bonds. The highest BCUT2D eigenvalue weighted by Gasteiger charge is 2.31. The SMILES string of the molecule is CC[C@@H](C)NC(=O)[C@@H](Cc1ccccc1)N(Cc1ccc(F)cc1)C(=O)Cc1ccccc1C. The highest BCUT2D eigenvalue weighted by Crippen LogP contribution is 2.18. The molecule has 0 saturated carbocycles. The van der Waals surface area contributed by atoms with Gasteiger partial charge in [0.1, 0.15) is 11.9 Å². The molecule has 0 unspecified atom stereocenters. The van der Waals surface area contributed by atoms with Crippen molar-refractivity contribution in [1.82, 2.24) is 10.2 Å². The van der Waals surface area contributed by atoms with Crippen LogP contribution in [0.1, 0.15) is 42.5 Å². The van der Waals surface area contributed by atoms with E-state index in [1.54, 1.807) is 17.0 Å². The smallest absolute Gasteiger partial charge is 0.243 e. The number of halogens is 1. The molecular formula is C29H33FN2O2.